The molecule has 2 fully saturated rings. The number of amides is 2. The lowest BCUT2D eigenvalue weighted by atomic mass is 10.1. The number of hydrogen-bond donors (Lipinski definition) is 0. The zero-order chi connectivity index (χ0) is 22.3. The second-order valence-corrected chi connectivity index (χ2v) is 9.55. The SMILES string of the molecule is C[C@H]1CN(c2nc(Cl)cc3c2C(=O)N2CCN(C(=O)OC(C)(C)C)C[C@@H]2CO3)CCO1. The van der Waals surface area contributed by atoms with Crippen LogP contribution in [0.1, 0.15) is 38.1 Å². The highest BCUT2D eigenvalue weighted by Gasteiger charge is 2.40. The predicted octanol–water partition coefficient (Wildman–Crippen LogP) is 2.41. The van der Waals surface area contributed by atoms with Gasteiger partial charge in [-0.15, -0.1) is 0 Å². The van der Waals surface area contributed by atoms with Crippen LogP contribution in [-0.2, 0) is 9.47 Å². The number of rotatable bonds is 1. The first-order valence-corrected chi connectivity index (χ1v) is 11.0. The summed E-state index contributed by atoms with van der Waals surface area (Å²) < 4.78 is 17.2. The van der Waals surface area contributed by atoms with Crippen LogP contribution in [-0.4, -0.2) is 90.5 Å². The predicted molar refractivity (Wildman–Crippen MR) is 115 cm³/mol. The van der Waals surface area contributed by atoms with Crippen molar-refractivity contribution in [2.75, 3.05) is 50.8 Å². The van der Waals surface area contributed by atoms with Gasteiger partial charge in [-0.05, 0) is 27.7 Å². The number of fused-ring (bicyclic) bond motifs is 2. The van der Waals surface area contributed by atoms with Crippen LogP contribution in [0, 0.1) is 0 Å². The molecule has 31 heavy (non-hydrogen) atoms. The Kier molecular flexibility index (Phi) is 5.91. The molecule has 0 unspecified atom stereocenters. The fraction of sp³-hybridized carbons (Fsp3) is 0.667. The number of anilines is 1. The first-order valence-electron chi connectivity index (χ1n) is 10.6. The topological polar surface area (TPSA) is 84.4 Å². The molecule has 0 saturated carbocycles. The molecule has 2 amide bonds. The van der Waals surface area contributed by atoms with Crippen molar-refractivity contribution in [3.8, 4) is 5.75 Å². The molecular weight excluding hydrogens is 424 g/mol. The van der Waals surface area contributed by atoms with Crippen LogP contribution in [0.5, 0.6) is 5.75 Å². The van der Waals surface area contributed by atoms with E-state index in [-0.39, 0.29) is 35.9 Å². The zero-order valence-corrected chi connectivity index (χ0v) is 19.1. The zero-order valence-electron chi connectivity index (χ0n) is 18.4. The van der Waals surface area contributed by atoms with Gasteiger partial charge < -0.3 is 28.9 Å². The number of ether oxygens (including phenoxy) is 3. The number of morpholine rings is 1. The summed E-state index contributed by atoms with van der Waals surface area (Å²) in [4.78, 5) is 36.0. The highest BCUT2D eigenvalue weighted by molar-refractivity contribution is 6.30. The summed E-state index contributed by atoms with van der Waals surface area (Å²) in [5.74, 6) is 0.801. The molecule has 1 aromatic rings. The van der Waals surface area contributed by atoms with Crippen LogP contribution in [0.3, 0.4) is 0 Å². The van der Waals surface area contributed by atoms with E-state index in [1.165, 1.54) is 0 Å². The van der Waals surface area contributed by atoms with E-state index in [2.05, 4.69) is 4.98 Å². The van der Waals surface area contributed by atoms with Crippen LogP contribution in [0.2, 0.25) is 5.15 Å². The van der Waals surface area contributed by atoms with Crippen molar-refractivity contribution >= 4 is 29.4 Å². The summed E-state index contributed by atoms with van der Waals surface area (Å²) in [5.41, 5.74) is -0.154. The van der Waals surface area contributed by atoms with Gasteiger partial charge in [0.25, 0.3) is 5.91 Å². The largest absolute Gasteiger partial charge is 0.490 e. The lowest BCUT2D eigenvalue weighted by molar-refractivity contribution is 0.000951. The van der Waals surface area contributed by atoms with Crippen LogP contribution in [0.4, 0.5) is 10.6 Å². The molecule has 9 nitrogen and oxygen atoms in total. The standard InChI is InChI=1S/C21H29ClN4O5/c1-13-10-24(7-8-29-13)18-17-15(9-16(22)23-18)30-12-14-11-25(5-6-26(14)19(17)27)20(28)31-21(2,3)4/h9,13-14H,5-8,10-12H2,1-4H3/t13-,14+/m0/s1. The molecule has 2 atom stereocenters. The number of carbonyl (C=O) groups is 2. The van der Waals surface area contributed by atoms with Gasteiger partial charge in [-0.3, -0.25) is 4.79 Å². The fourth-order valence-electron chi connectivity index (χ4n) is 4.12. The van der Waals surface area contributed by atoms with Crippen LogP contribution >= 0.6 is 11.6 Å². The molecule has 2 saturated heterocycles. The van der Waals surface area contributed by atoms with Gasteiger partial charge in [0.15, 0.2) is 0 Å². The Morgan fingerprint density at radius 3 is 2.74 bits per heavy atom. The van der Waals surface area contributed by atoms with Crippen LogP contribution in [0.25, 0.3) is 0 Å². The minimum absolute atomic E-state index is 0.0251. The van der Waals surface area contributed by atoms with Crippen LogP contribution in [0.15, 0.2) is 6.07 Å². The summed E-state index contributed by atoms with van der Waals surface area (Å²) in [5, 5.41) is 0.274. The molecule has 0 bridgehead atoms. The highest BCUT2D eigenvalue weighted by Crippen LogP contribution is 2.36. The van der Waals surface area contributed by atoms with Crippen molar-refractivity contribution in [1.82, 2.24) is 14.8 Å². The quantitative estimate of drug-likeness (QED) is 0.605. The molecule has 0 radical (unpaired) electrons. The second kappa shape index (κ2) is 8.35. The Balaban J connectivity index is 1.59. The lowest BCUT2D eigenvalue weighted by Crippen LogP contribution is -2.58. The summed E-state index contributed by atoms with van der Waals surface area (Å²) >= 11 is 6.27. The van der Waals surface area contributed by atoms with Crippen molar-refractivity contribution in [3.63, 3.8) is 0 Å². The molecule has 170 valence electrons. The summed E-state index contributed by atoms with van der Waals surface area (Å²) in [6, 6.07) is 1.31. The van der Waals surface area contributed by atoms with Crippen molar-refractivity contribution < 1.29 is 23.8 Å². The molecule has 4 heterocycles. The summed E-state index contributed by atoms with van der Waals surface area (Å²) in [6.45, 7) is 10.7. The number of hydrogen-bond acceptors (Lipinski definition) is 7. The minimum Gasteiger partial charge on any atom is -0.490 e. The van der Waals surface area contributed by atoms with Crippen molar-refractivity contribution in [3.05, 3.63) is 16.8 Å². The number of aromatic nitrogens is 1. The van der Waals surface area contributed by atoms with Gasteiger partial charge in [0.2, 0.25) is 0 Å². The van der Waals surface area contributed by atoms with E-state index in [1.54, 1.807) is 15.9 Å². The van der Waals surface area contributed by atoms with Crippen molar-refractivity contribution in [2.45, 2.75) is 45.4 Å². The van der Waals surface area contributed by atoms with Gasteiger partial charge in [-0.25, -0.2) is 9.78 Å². The van der Waals surface area contributed by atoms with E-state index in [9.17, 15) is 9.59 Å². The summed E-state index contributed by atoms with van der Waals surface area (Å²) in [7, 11) is 0. The van der Waals surface area contributed by atoms with Crippen LogP contribution < -0.4 is 9.64 Å². The first-order chi connectivity index (χ1) is 14.6. The van der Waals surface area contributed by atoms with Gasteiger partial charge in [0.1, 0.15) is 34.5 Å². The third kappa shape index (κ3) is 4.67. The van der Waals surface area contributed by atoms with Gasteiger partial charge in [0, 0.05) is 38.8 Å². The molecule has 0 aromatic carbocycles. The molecule has 4 rings (SSSR count). The number of piperazine rings is 1. The maximum absolute atomic E-state index is 13.6. The van der Waals surface area contributed by atoms with E-state index >= 15 is 0 Å². The third-order valence-electron chi connectivity index (χ3n) is 5.51. The minimum atomic E-state index is -0.577. The first kappa shape index (κ1) is 22.0. The van der Waals surface area contributed by atoms with Gasteiger partial charge >= 0.3 is 6.09 Å². The second-order valence-electron chi connectivity index (χ2n) is 9.16. The van der Waals surface area contributed by atoms with E-state index in [0.29, 0.717) is 56.5 Å². The highest BCUT2D eigenvalue weighted by atomic mass is 35.5. The maximum Gasteiger partial charge on any atom is 0.410 e. The Bertz CT molecular complexity index is 874. The molecule has 0 aliphatic carbocycles. The third-order valence-corrected chi connectivity index (χ3v) is 5.71. The molecule has 0 spiro atoms. The number of halogens is 1. The number of nitrogens with zero attached hydrogens (tertiary/aromatic N) is 4. The van der Waals surface area contributed by atoms with Crippen molar-refractivity contribution in [1.29, 1.82) is 0 Å². The molecule has 1 aromatic heterocycles. The molecule has 10 heteroatoms. The van der Waals surface area contributed by atoms with Crippen molar-refractivity contribution in [2.24, 2.45) is 0 Å². The van der Waals surface area contributed by atoms with E-state index in [1.807, 2.05) is 32.6 Å². The molecule has 3 aliphatic heterocycles. The Morgan fingerprint density at radius 2 is 2.03 bits per heavy atom. The van der Waals surface area contributed by atoms with Gasteiger partial charge in [-0.2, -0.15) is 0 Å². The molecular formula is C21H29ClN4O5. The van der Waals surface area contributed by atoms with E-state index in [4.69, 9.17) is 25.8 Å². The van der Waals surface area contributed by atoms with Gasteiger partial charge in [0.05, 0.1) is 18.8 Å². The number of carbonyl (C=O) groups excluding carboxylic acids is 2. The van der Waals surface area contributed by atoms with Gasteiger partial charge in [-0.1, -0.05) is 11.6 Å². The maximum atomic E-state index is 13.6. The average molecular weight is 453 g/mol. The summed E-state index contributed by atoms with van der Waals surface area (Å²) in [6.07, 6.45) is -0.355. The normalized spacial score (nSPS) is 24.2. The lowest BCUT2D eigenvalue weighted by Gasteiger charge is -2.40. The Labute approximate surface area is 187 Å². The fourth-order valence-corrected chi connectivity index (χ4v) is 4.30. The number of pyridine rings is 1. The Hall–Kier alpha value is -2.26. The average Bonchev–Trinajstić information content (AvgIpc) is 2.82. The molecule has 3 aliphatic rings. The molecule has 0 N–H and O–H groups in total. The Morgan fingerprint density at radius 1 is 1.26 bits per heavy atom. The van der Waals surface area contributed by atoms with E-state index in [0.717, 1.165) is 0 Å². The smallest absolute Gasteiger partial charge is 0.410 e. The monoisotopic (exact) mass is 452 g/mol. The van der Waals surface area contributed by atoms with E-state index < -0.39 is 5.60 Å².